The van der Waals surface area contributed by atoms with Gasteiger partial charge in [-0.05, 0) is 44.4 Å². The lowest BCUT2D eigenvalue weighted by molar-refractivity contribution is -0.116. The van der Waals surface area contributed by atoms with E-state index in [0.717, 1.165) is 38.8 Å². The number of nitrogens with one attached hydrogen (secondary N) is 3. The van der Waals surface area contributed by atoms with Crippen LogP contribution in [-0.4, -0.2) is 71.5 Å². The van der Waals surface area contributed by atoms with Crippen LogP contribution in [0.3, 0.4) is 0 Å². The summed E-state index contributed by atoms with van der Waals surface area (Å²) < 4.78 is 0. The topological polar surface area (TPSA) is 141 Å². The molecule has 0 aromatic carbocycles. The number of likely N-dealkylation sites (N-methyl/N-ethyl adjacent to an activating group) is 1. The van der Waals surface area contributed by atoms with E-state index >= 15 is 0 Å². The summed E-state index contributed by atoms with van der Waals surface area (Å²) >= 11 is 0. The van der Waals surface area contributed by atoms with Crippen molar-refractivity contribution in [1.29, 1.82) is 0 Å². The number of aromatic amines is 2. The van der Waals surface area contributed by atoms with E-state index in [1.807, 2.05) is 44.4 Å². The number of rotatable bonds is 6. The summed E-state index contributed by atoms with van der Waals surface area (Å²) in [6, 6.07) is 9.55. The van der Waals surface area contributed by atoms with E-state index in [9.17, 15) is 4.79 Å². The maximum atomic E-state index is 12.2. The molecule has 0 spiro atoms. The number of hydrogen-bond donors (Lipinski definition) is 3. The van der Waals surface area contributed by atoms with Crippen molar-refractivity contribution in [3.63, 3.8) is 0 Å². The third kappa shape index (κ3) is 4.39. The zero-order valence-corrected chi connectivity index (χ0v) is 20.1. The number of nitrogens with zero attached hydrogens (tertiary/aromatic N) is 7. The number of aromatic nitrogens is 8. The van der Waals surface area contributed by atoms with E-state index < -0.39 is 0 Å². The van der Waals surface area contributed by atoms with Crippen LogP contribution in [-0.2, 0) is 4.79 Å². The minimum atomic E-state index is -0.111. The summed E-state index contributed by atoms with van der Waals surface area (Å²) in [5.74, 6) is 0.492. The number of amides is 1. The van der Waals surface area contributed by atoms with Gasteiger partial charge in [0.1, 0.15) is 11.2 Å². The molecule has 6 aromatic heterocycles. The maximum Gasteiger partial charge on any atom is 0.238 e. The van der Waals surface area contributed by atoms with Crippen LogP contribution < -0.4 is 5.32 Å². The molecule has 1 amide bonds. The van der Waals surface area contributed by atoms with Gasteiger partial charge in [0.05, 0.1) is 35.0 Å². The smallest absolute Gasteiger partial charge is 0.238 e. The summed E-state index contributed by atoms with van der Waals surface area (Å²) in [5.41, 5.74) is 6.83. The van der Waals surface area contributed by atoms with Crippen LogP contribution >= 0.6 is 0 Å². The van der Waals surface area contributed by atoms with Gasteiger partial charge in [0.2, 0.25) is 5.91 Å². The Morgan fingerprint density at radius 2 is 1.76 bits per heavy atom. The second-order valence-corrected chi connectivity index (χ2v) is 8.82. The van der Waals surface area contributed by atoms with Gasteiger partial charge in [-0.15, -0.1) is 0 Å². The fourth-order valence-electron chi connectivity index (χ4n) is 4.16. The normalized spacial score (nSPS) is 11.4. The minimum absolute atomic E-state index is 0.111. The van der Waals surface area contributed by atoms with Gasteiger partial charge in [0, 0.05) is 47.7 Å². The Morgan fingerprint density at radius 1 is 0.919 bits per heavy atom. The average molecular weight is 491 g/mol. The summed E-state index contributed by atoms with van der Waals surface area (Å²) in [6.07, 6.45) is 10.3. The first-order chi connectivity index (χ1) is 18.0. The van der Waals surface area contributed by atoms with Gasteiger partial charge in [-0.25, -0.2) is 9.97 Å². The molecule has 0 aliphatic carbocycles. The van der Waals surface area contributed by atoms with E-state index in [2.05, 4.69) is 40.4 Å². The lowest BCUT2D eigenvalue weighted by Crippen LogP contribution is -2.27. The second-order valence-electron chi connectivity index (χ2n) is 8.82. The zero-order chi connectivity index (χ0) is 25.4. The number of carbonyl (C=O) groups excluding carboxylic acids is 1. The van der Waals surface area contributed by atoms with Crippen molar-refractivity contribution in [1.82, 2.24) is 45.0 Å². The molecule has 37 heavy (non-hydrogen) atoms. The molecule has 182 valence electrons. The van der Waals surface area contributed by atoms with Gasteiger partial charge < -0.3 is 15.2 Å². The molecule has 0 radical (unpaired) electrons. The predicted molar refractivity (Wildman–Crippen MR) is 140 cm³/mol. The molecule has 0 saturated heterocycles. The fourth-order valence-corrected chi connectivity index (χ4v) is 4.16. The van der Waals surface area contributed by atoms with Crippen molar-refractivity contribution in [2.75, 3.05) is 26.0 Å². The van der Waals surface area contributed by atoms with Crippen LogP contribution in [0.25, 0.3) is 56.0 Å². The van der Waals surface area contributed by atoms with Crippen LogP contribution in [0.5, 0.6) is 0 Å². The molecule has 3 N–H and O–H groups in total. The fraction of sp³-hybridized carbons (Fsp3) is 0.115. The summed E-state index contributed by atoms with van der Waals surface area (Å²) in [4.78, 5) is 39.7. The summed E-state index contributed by atoms with van der Waals surface area (Å²) in [5, 5.41) is 11.2. The monoisotopic (exact) mass is 490 g/mol. The number of carbonyl (C=O) groups is 1. The van der Waals surface area contributed by atoms with Crippen molar-refractivity contribution >= 4 is 33.7 Å². The van der Waals surface area contributed by atoms with Crippen molar-refractivity contribution in [2.24, 2.45) is 0 Å². The highest BCUT2D eigenvalue weighted by Gasteiger charge is 2.17. The largest absolute Gasteiger partial charge is 0.336 e. The number of imidazole rings is 1. The summed E-state index contributed by atoms with van der Waals surface area (Å²) in [7, 11) is 3.69. The molecule has 0 saturated carbocycles. The third-order valence-electron chi connectivity index (χ3n) is 5.81. The van der Waals surface area contributed by atoms with E-state index in [4.69, 9.17) is 4.98 Å². The standard InChI is InChI=1S/C26H22N10O/c1-36(2)14-21(37)31-18-9-16(11-28-13-18)17-10-19-23(34-35-25(19)30-12-17)26-32-20-5-8-29-22(24(20)33-26)15-3-6-27-7-4-15/h3-13H,14H2,1-2H3,(H,31,37)(H,32,33)(H,30,34,35). The van der Waals surface area contributed by atoms with Crippen LogP contribution in [0, 0.1) is 0 Å². The van der Waals surface area contributed by atoms with Gasteiger partial charge in [0.25, 0.3) is 0 Å². The molecule has 0 atom stereocenters. The van der Waals surface area contributed by atoms with Crippen LogP contribution in [0.4, 0.5) is 5.69 Å². The Hall–Kier alpha value is -5.03. The Kier molecular flexibility index (Phi) is 5.58. The number of fused-ring (bicyclic) bond motifs is 2. The van der Waals surface area contributed by atoms with Crippen molar-refractivity contribution in [3.8, 4) is 33.9 Å². The average Bonchev–Trinajstić information content (AvgIpc) is 3.52. The van der Waals surface area contributed by atoms with Crippen molar-refractivity contribution < 1.29 is 4.79 Å². The molecular formula is C26H22N10O. The van der Waals surface area contributed by atoms with Crippen LogP contribution in [0.1, 0.15) is 0 Å². The van der Waals surface area contributed by atoms with Gasteiger partial charge in [-0.1, -0.05) is 0 Å². The van der Waals surface area contributed by atoms with Gasteiger partial charge in [0.15, 0.2) is 11.5 Å². The molecule has 6 heterocycles. The molecule has 11 nitrogen and oxygen atoms in total. The molecule has 11 heteroatoms. The Balaban J connectivity index is 1.38. The van der Waals surface area contributed by atoms with Crippen molar-refractivity contribution in [2.45, 2.75) is 0 Å². The first-order valence-electron chi connectivity index (χ1n) is 11.5. The lowest BCUT2D eigenvalue weighted by atomic mass is 10.1. The van der Waals surface area contributed by atoms with E-state index in [1.54, 1.807) is 42.1 Å². The summed E-state index contributed by atoms with van der Waals surface area (Å²) in [6.45, 7) is 0.284. The van der Waals surface area contributed by atoms with E-state index in [-0.39, 0.29) is 12.5 Å². The maximum absolute atomic E-state index is 12.2. The molecule has 6 rings (SSSR count). The highest BCUT2D eigenvalue weighted by Crippen LogP contribution is 2.31. The van der Waals surface area contributed by atoms with Gasteiger partial charge in [-0.2, -0.15) is 5.10 Å². The Labute approximate surface area is 211 Å². The van der Waals surface area contributed by atoms with Crippen LogP contribution in [0.15, 0.2) is 67.5 Å². The second kappa shape index (κ2) is 9.21. The first kappa shape index (κ1) is 22.4. The molecular weight excluding hydrogens is 468 g/mol. The molecule has 6 aromatic rings. The molecule has 0 fully saturated rings. The number of pyridine rings is 4. The highest BCUT2D eigenvalue weighted by atomic mass is 16.2. The molecule has 0 aliphatic heterocycles. The minimum Gasteiger partial charge on any atom is -0.336 e. The first-order valence-corrected chi connectivity index (χ1v) is 11.5. The zero-order valence-electron chi connectivity index (χ0n) is 20.1. The molecule has 0 bridgehead atoms. The highest BCUT2D eigenvalue weighted by molar-refractivity contribution is 5.96. The quantitative estimate of drug-likeness (QED) is 0.322. The van der Waals surface area contributed by atoms with E-state index in [1.165, 1.54) is 0 Å². The number of anilines is 1. The SMILES string of the molecule is CN(C)CC(=O)Nc1cncc(-c2cnc3[nH]nc(-c4nc5c(-c6ccncc6)nccc5[nH]4)c3c2)c1. The number of hydrogen-bond acceptors (Lipinski definition) is 8. The molecule has 0 aliphatic rings. The van der Waals surface area contributed by atoms with Gasteiger partial charge >= 0.3 is 0 Å². The predicted octanol–water partition coefficient (Wildman–Crippen LogP) is 3.52. The van der Waals surface area contributed by atoms with Crippen LogP contribution in [0.2, 0.25) is 0 Å². The lowest BCUT2D eigenvalue weighted by Gasteiger charge is -2.10. The number of H-pyrrole nitrogens is 2. The van der Waals surface area contributed by atoms with Gasteiger partial charge in [-0.3, -0.25) is 24.8 Å². The molecule has 0 unspecified atom stereocenters. The third-order valence-corrected chi connectivity index (χ3v) is 5.81. The Morgan fingerprint density at radius 3 is 2.59 bits per heavy atom. The Bertz CT molecular complexity index is 1740. The van der Waals surface area contributed by atoms with Crippen molar-refractivity contribution in [3.05, 3.63) is 67.5 Å². The van der Waals surface area contributed by atoms with E-state index in [0.29, 0.717) is 22.9 Å².